The summed E-state index contributed by atoms with van der Waals surface area (Å²) in [6, 6.07) is 13.6. The standard InChI is InChI=1S/C17H20ClNO2/c1-12(2)19-11-15-16(18)8-5-9-17(15)21-14-7-4-6-13(10-14)20-3/h4-10,12,19H,11H2,1-3H3. The van der Waals surface area contributed by atoms with Crippen molar-refractivity contribution in [3.05, 3.63) is 53.1 Å². The summed E-state index contributed by atoms with van der Waals surface area (Å²) < 4.78 is 11.2. The van der Waals surface area contributed by atoms with Gasteiger partial charge >= 0.3 is 0 Å². The molecule has 0 unspecified atom stereocenters. The van der Waals surface area contributed by atoms with Gasteiger partial charge in [0, 0.05) is 29.2 Å². The molecule has 0 radical (unpaired) electrons. The first-order valence-corrected chi connectivity index (χ1v) is 7.30. The van der Waals surface area contributed by atoms with Gasteiger partial charge in [0.05, 0.1) is 7.11 Å². The molecule has 2 rings (SSSR count). The second kappa shape index (κ2) is 7.34. The number of methoxy groups -OCH3 is 1. The Balaban J connectivity index is 2.24. The molecule has 0 atom stereocenters. The molecule has 112 valence electrons. The minimum Gasteiger partial charge on any atom is -0.497 e. The van der Waals surface area contributed by atoms with Crippen molar-refractivity contribution in [1.82, 2.24) is 5.32 Å². The number of hydrogen-bond donors (Lipinski definition) is 1. The summed E-state index contributed by atoms with van der Waals surface area (Å²) in [4.78, 5) is 0. The number of nitrogens with one attached hydrogen (secondary N) is 1. The molecule has 0 amide bonds. The average Bonchev–Trinajstić information content (AvgIpc) is 2.46. The molecule has 0 heterocycles. The Bertz CT molecular complexity index is 599. The number of hydrogen-bond acceptors (Lipinski definition) is 3. The summed E-state index contributed by atoms with van der Waals surface area (Å²) in [7, 11) is 1.64. The number of benzene rings is 2. The summed E-state index contributed by atoms with van der Waals surface area (Å²) in [6.07, 6.45) is 0. The van der Waals surface area contributed by atoms with E-state index in [2.05, 4.69) is 19.2 Å². The van der Waals surface area contributed by atoms with E-state index in [4.69, 9.17) is 21.1 Å². The minimum absolute atomic E-state index is 0.381. The van der Waals surface area contributed by atoms with Crippen molar-refractivity contribution < 1.29 is 9.47 Å². The summed E-state index contributed by atoms with van der Waals surface area (Å²) in [6.45, 7) is 4.86. The third-order valence-electron chi connectivity index (χ3n) is 3.03. The maximum absolute atomic E-state index is 6.29. The summed E-state index contributed by atoms with van der Waals surface area (Å²) in [5, 5.41) is 4.06. The largest absolute Gasteiger partial charge is 0.497 e. The van der Waals surface area contributed by atoms with Gasteiger partial charge in [0.25, 0.3) is 0 Å². The first-order chi connectivity index (χ1) is 10.1. The lowest BCUT2D eigenvalue weighted by Gasteiger charge is -2.15. The lowest BCUT2D eigenvalue weighted by atomic mass is 10.2. The van der Waals surface area contributed by atoms with Crippen LogP contribution in [-0.2, 0) is 6.54 Å². The Morgan fingerprint density at radius 3 is 2.52 bits per heavy atom. The number of ether oxygens (including phenoxy) is 2. The molecule has 0 spiro atoms. The zero-order valence-corrected chi connectivity index (χ0v) is 13.3. The van der Waals surface area contributed by atoms with Gasteiger partial charge < -0.3 is 14.8 Å². The van der Waals surface area contributed by atoms with E-state index in [-0.39, 0.29) is 0 Å². The van der Waals surface area contributed by atoms with Gasteiger partial charge in [-0.2, -0.15) is 0 Å². The highest BCUT2D eigenvalue weighted by Gasteiger charge is 2.10. The van der Waals surface area contributed by atoms with Gasteiger partial charge in [-0.1, -0.05) is 37.6 Å². The number of halogens is 1. The summed E-state index contributed by atoms with van der Waals surface area (Å²) in [5.41, 5.74) is 0.954. The van der Waals surface area contributed by atoms with Crippen molar-refractivity contribution in [3.8, 4) is 17.2 Å². The van der Waals surface area contributed by atoms with Crippen LogP contribution in [0.25, 0.3) is 0 Å². The molecule has 0 aliphatic heterocycles. The highest BCUT2D eigenvalue weighted by molar-refractivity contribution is 6.31. The molecule has 0 saturated heterocycles. The maximum Gasteiger partial charge on any atom is 0.133 e. The SMILES string of the molecule is COc1cccc(Oc2cccc(Cl)c2CNC(C)C)c1. The van der Waals surface area contributed by atoms with Gasteiger partial charge in [-0.3, -0.25) is 0 Å². The van der Waals surface area contributed by atoms with Crippen molar-refractivity contribution in [1.29, 1.82) is 0 Å². The quantitative estimate of drug-likeness (QED) is 0.843. The Kier molecular flexibility index (Phi) is 5.48. The Morgan fingerprint density at radius 2 is 1.81 bits per heavy atom. The molecule has 0 fully saturated rings. The van der Waals surface area contributed by atoms with Crippen molar-refractivity contribution in [3.63, 3.8) is 0 Å². The van der Waals surface area contributed by atoms with Crippen LogP contribution in [-0.4, -0.2) is 13.2 Å². The Hall–Kier alpha value is -1.71. The normalized spacial score (nSPS) is 10.7. The van der Waals surface area contributed by atoms with Crippen LogP contribution in [0.5, 0.6) is 17.2 Å². The fourth-order valence-electron chi connectivity index (χ4n) is 1.90. The van der Waals surface area contributed by atoms with E-state index in [1.54, 1.807) is 7.11 Å². The molecule has 4 heteroatoms. The molecule has 3 nitrogen and oxygen atoms in total. The highest BCUT2D eigenvalue weighted by atomic mass is 35.5. The van der Waals surface area contributed by atoms with E-state index in [1.807, 2.05) is 42.5 Å². The fraction of sp³-hybridized carbons (Fsp3) is 0.294. The topological polar surface area (TPSA) is 30.5 Å². The maximum atomic E-state index is 6.29. The van der Waals surface area contributed by atoms with Crippen molar-refractivity contribution in [2.24, 2.45) is 0 Å². The first-order valence-electron chi connectivity index (χ1n) is 6.93. The van der Waals surface area contributed by atoms with Gasteiger partial charge in [0.2, 0.25) is 0 Å². The molecule has 0 aliphatic carbocycles. The van der Waals surface area contributed by atoms with Gasteiger partial charge in [-0.05, 0) is 24.3 Å². The molecule has 21 heavy (non-hydrogen) atoms. The Morgan fingerprint density at radius 1 is 1.10 bits per heavy atom. The zero-order valence-electron chi connectivity index (χ0n) is 12.5. The second-order valence-electron chi connectivity index (χ2n) is 5.03. The average molecular weight is 306 g/mol. The lowest BCUT2D eigenvalue weighted by molar-refractivity contribution is 0.408. The van der Waals surface area contributed by atoms with E-state index < -0.39 is 0 Å². The van der Waals surface area contributed by atoms with Gasteiger partial charge in [0.1, 0.15) is 17.2 Å². The monoisotopic (exact) mass is 305 g/mol. The predicted molar refractivity (Wildman–Crippen MR) is 86.5 cm³/mol. The molecule has 0 aromatic heterocycles. The van der Waals surface area contributed by atoms with Gasteiger partial charge in [0.15, 0.2) is 0 Å². The van der Waals surface area contributed by atoms with Crippen LogP contribution in [0.3, 0.4) is 0 Å². The van der Waals surface area contributed by atoms with Crippen LogP contribution < -0.4 is 14.8 Å². The summed E-state index contributed by atoms with van der Waals surface area (Å²) in [5.74, 6) is 2.24. The summed E-state index contributed by atoms with van der Waals surface area (Å²) >= 11 is 6.29. The smallest absolute Gasteiger partial charge is 0.133 e. The first kappa shape index (κ1) is 15.7. The molecule has 0 bridgehead atoms. The van der Waals surface area contributed by atoms with Crippen LogP contribution in [0, 0.1) is 0 Å². The lowest BCUT2D eigenvalue weighted by Crippen LogP contribution is -2.22. The predicted octanol–water partition coefficient (Wildman–Crippen LogP) is 4.64. The van der Waals surface area contributed by atoms with E-state index in [0.717, 1.165) is 22.8 Å². The van der Waals surface area contributed by atoms with Crippen LogP contribution in [0.1, 0.15) is 19.4 Å². The minimum atomic E-state index is 0.381. The second-order valence-corrected chi connectivity index (χ2v) is 5.44. The fourth-order valence-corrected chi connectivity index (χ4v) is 2.14. The molecule has 0 aliphatic rings. The highest BCUT2D eigenvalue weighted by Crippen LogP contribution is 2.31. The van der Waals surface area contributed by atoms with E-state index in [1.165, 1.54) is 0 Å². The van der Waals surface area contributed by atoms with Crippen molar-refractivity contribution in [2.45, 2.75) is 26.4 Å². The van der Waals surface area contributed by atoms with Crippen LogP contribution in [0.4, 0.5) is 0 Å². The third kappa shape index (κ3) is 4.38. The van der Waals surface area contributed by atoms with Gasteiger partial charge in [-0.15, -0.1) is 0 Å². The zero-order chi connectivity index (χ0) is 15.2. The molecule has 0 saturated carbocycles. The molecular formula is C17H20ClNO2. The van der Waals surface area contributed by atoms with E-state index in [9.17, 15) is 0 Å². The molecule has 2 aromatic carbocycles. The van der Waals surface area contributed by atoms with E-state index in [0.29, 0.717) is 17.6 Å². The van der Waals surface area contributed by atoms with E-state index >= 15 is 0 Å². The van der Waals surface area contributed by atoms with Crippen LogP contribution in [0.15, 0.2) is 42.5 Å². The Labute approximate surface area is 130 Å². The number of rotatable bonds is 6. The molecule has 2 aromatic rings. The van der Waals surface area contributed by atoms with Crippen molar-refractivity contribution in [2.75, 3.05) is 7.11 Å². The van der Waals surface area contributed by atoms with Gasteiger partial charge in [-0.25, -0.2) is 0 Å². The molecule has 1 N–H and O–H groups in total. The van der Waals surface area contributed by atoms with Crippen LogP contribution >= 0.6 is 11.6 Å². The third-order valence-corrected chi connectivity index (χ3v) is 3.39. The molecular weight excluding hydrogens is 286 g/mol. The van der Waals surface area contributed by atoms with Crippen LogP contribution in [0.2, 0.25) is 5.02 Å². The van der Waals surface area contributed by atoms with Crippen molar-refractivity contribution >= 4 is 11.6 Å².